The van der Waals surface area contributed by atoms with E-state index in [1.165, 1.54) is 19.3 Å². The maximum absolute atomic E-state index is 13.4. The molecule has 0 fully saturated rings. The number of aryl methyl sites for hydroxylation is 1. The third kappa shape index (κ3) is 2.89. The summed E-state index contributed by atoms with van der Waals surface area (Å²) in [7, 11) is 1.42. The van der Waals surface area contributed by atoms with Gasteiger partial charge in [-0.3, -0.25) is 9.59 Å². The number of rotatable bonds is 3. The molecule has 2 heterocycles. The molecule has 2 N–H and O–H groups in total. The number of nitrogens with one attached hydrogen (secondary N) is 2. The van der Waals surface area contributed by atoms with Crippen molar-refractivity contribution >= 4 is 23.3 Å². The quantitative estimate of drug-likeness (QED) is 0.418. The van der Waals surface area contributed by atoms with Gasteiger partial charge < -0.3 is 9.55 Å². The van der Waals surface area contributed by atoms with E-state index in [0.29, 0.717) is 5.52 Å². The molecule has 24 heavy (non-hydrogen) atoms. The molecule has 0 aliphatic carbocycles. The van der Waals surface area contributed by atoms with E-state index in [9.17, 15) is 18.4 Å². The minimum atomic E-state index is -0.813. The van der Waals surface area contributed by atoms with E-state index in [2.05, 4.69) is 25.5 Å². The van der Waals surface area contributed by atoms with Crippen molar-refractivity contribution in [3.05, 3.63) is 62.3 Å². The number of hydrogen-bond donors (Lipinski definition) is 2. The molecule has 8 nitrogen and oxygen atoms in total. The zero-order valence-electron chi connectivity index (χ0n) is 12.2. The maximum atomic E-state index is 13.4. The highest BCUT2D eigenvalue weighted by molar-refractivity contribution is 5.80. The van der Waals surface area contributed by atoms with Crippen molar-refractivity contribution in [2.75, 3.05) is 5.43 Å². The van der Waals surface area contributed by atoms with Gasteiger partial charge in [-0.1, -0.05) is 0 Å². The van der Waals surface area contributed by atoms with E-state index in [1.807, 2.05) is 0 Å². The Hall–Kier alpha value is -3.43. The second kappa shape index (κ2) is 5.99. The van der Waals surface area contributed by atoms with Gasteiger partial charge in [0.05, 0.1) is 12.4 Å². The molecule has 1 aromatic carbocycles. The minimum absolute atomic E-state index is 0.0237. The summed E-state index contributed by atoms with van der Waals surface area (Å²) in [6.07, 6.45) is 2.46. The van der Waals surface area contributed by atoms with Crippen molar-refractivity contribution in [1.82, 2.24) is 19.5 Å². The molecule has 0 spiro atoms. The van der Waals surface area contributed by atoms with Crippen LogP contribution in [0.2, 0.25) is 0 Å². The number of nitrogens with zero attached hydrogens (tertiary/aromatic N) is 4. The average molecular weight is 332 g/mol. The van der Waals surface area contributed by atoms with Crippen LogP contribution in [-0.2, 0) is 7.05 Å². The molecule has 10 heteroatoms. The van der Waals surface area contributed by atoms with Gasteiger partial charge in [0.15, 0.2) is 5.65 Å². The largest absolute Gasteiger partial charge is 0.316 e. The first kappa shape index (κ1) is 15.5. The molecular weight excluding hydrogens is 322 g/mol. The van der Waals surface area contributed by atoms with Crippen LogP contribution in [0.1, 0.15) is 5.56 Å². The molecule has 0 radical (unpaired) electrons. The Morgan fingerprint density at radius 3 is 2.88 bits per heavy atom. The summed E-state index contributed by atoms with van der Waals surface area (Å²) in [5.41, 5.74) is 1.46. The highest BCUT2D eigenvalue weighted by atomic mass is 19.1. The first-order valence-electron chi connectivity index (χ1n) is 6.66. The van der Waals surface area contributed by atoms with Crippen molar-refractivity contribution < 1.29 is 8.78 Å². The summed E-state index contributed by atoms with van der Waals surface area (Å²) in [5.74, 6) is -1.43. The number of anilines is 1. The van der Waals surface area contributed by atoms with Gasteiger partial charge in [0.2, 0.25) is 5.95 Å². The van der Waals surface area contributed by atoms with Gasteiger partial charge in [-0.05, 0) is 12.1 Å². The van der Waals surface area contributed by atoms with E-state index >= 15 is 0 Å². The van der Waals surface area contributed by atoms with E-state index in [-0.39, 0.29) is 17.2 Å². The maximum Gasteiger partial charge on any atom is 0.316 e. The van der Waals surface area contributed by atoms with Gasteiger partial charge >= 0.3 is 11.1 Å². The van der Waals surface area contributed by atoms with Gasteiger partial charge in [-0.15, -0.1) is 0 Å². The van der Waals surface area contributed by atoms with Crippen LogP contribution in [-0.4, -0.2) is 25.7 Å². The summed E-state index contributed by atoms with van der Waals surface area (Å²) in [5, 5.41) is 3.75. The highest BCUT2D eigenvalue weighted by Crippen LogP contribution is 2.08. The molecule has 0 atom stereocenters. The summed E-state index contributed by atoms with van der Waals surface area (Å²) < 4.78 is 27.4. The summed E-state index contributed by atoms with van der Waals surface area (Å²) in [4.78, 5) is 33.2. The molecule has 2 aromatic heterocycles. The first-order chi connectivity index (χ1) is 11.5. The molecule has 0 unspecified atom stereocenters. The molecule has 122 valence electrons. The zero-order valence-corrected chi connectivity index (χ0v) is 12.2. The Balaban J connectivity index is 1.88. The van der Waals surface area contributed by atoms with Crippen molar-refractivity contribution in [2.24, 2.45) is 12.1 Å². The average Bonchev–Trinajstić information content (AvgIpc) is 2.54. The molecule has 0 aliphatic heterocycles. The third-order valence-corrected chi connectivity index (χ3v) is 3.19. The van der Waals surface area contributed by atoms with E-state index in [4.69, 9.17) is 0 Å². The number of H-pyrrole nitrogens is 1. The van der Waals surface area contributed by atoms with Crippen molar-refractivity contribution in [1.29, 1.82) is 0 Å². The smallest absolute Gasteiger partial charge is 0.303 e. The number of halogens is 2. The monoisotopic (exact) mass is 332 g/mol. The van der Waals surface area contributed by atoms with Gasteiger partial charge in [-0.25, -0.2) is 19.2 Å². The number of aromatic nitrogens is 4. The van der Waals surface area contributed by atoms with Crippen LogP contribution in [0.3, 0.4) is 0 Å². The Kier molecular flexibility index (Phi) is 3.86. The summed E-state index contributed by atoms with van der Waals surface area (Å²) in [6.45, 7) is 0. The second-order valence-electron chi connectivity index (χ2n) is 4.78. The van der Waals surface area contributed by atoms with Crippen LogP contribution in [0.5, 0.6) is 0 Å². The molecule has 0 bridgehead atoms. The van der Waals surface area contributed by atoms with E-state index in [1.54, 1.807) is 0 Å². The Bertz CT molecular complexity index is 1070. The van der Waals surface area contributed by atoms with Crippen LogP contribution < -0.4 is 16.5 Å². The van der Waals surface area contributed by atoms with E-state index < -0.39 is 22.8 Å². The SMILES string of the molecule is Cn1c(=O)c(=O)[nH]c2nc(NN=Cc3ccc(F)cc3F)ncc21. The fraction of sp³-hybridized carbons (Fsp3) is 0.0714. The van der Waals surface area contributed by atoms with Gasteiger partial charge in [0.1, 0.15) is 17.2 Å². The van der Waals surface area contributed by atoms with Crippen LogP contribution >= 0.6 is 0 Å². The van der Waals surface area contributed by atoms with Crippen LogP contribution in [0.25, 0.3) is 11.2 Å². The first-order valence-corrected chi connectivity index (χ1v) is 6.66. The Morgan fingerprint density at radius 2 is 2.12 bits per heavy atom. The lowest BCUT2D eigenvalue weighted by Gasteiger charge is -2.04. The standard InChI is InChI=1S/C14H10F2N6O2/c1-22-10-6-17-14(20-11(10)19-12(23)13(22)24)21-18-5-7-2-3-8(15)4-9(7)16/h2-6H,1H3,(H2,17,19,20,21,23). The highest BCUT2D eigenvalue weighted by Gasteiger charge is 2.07. The number of aromatic amines is 1. The molecule has 3 aromatic rings. The lowest BCUT2D eigenvalue weighted by Crippen LogP contribution is -2.35. The number of fused-ring (bicyclic) bond motifs is 1. The molecule has 0 saturated carbocycles. The van der Waals surface area contributed by atoms with Crippen molar-refractivity contribution in [2.45, 2.75) is 0 Å². The normalized spacial score (nSPS) is 11.3. The molecular formula is C14H10F2N6O2. The molecule has 0 saturated heterocycles. The fourth-order valence-corrected chi connectivity index (χ4v) is 1.96. The lowest BCUT2D eigenvalue weighted by atomic mass is 10.2. The minimum Gasteiger partial charge on any atom is -0.303 e. The topological polar surface area (TPSA) is 105 Å². The molecule has 0 amide bonds. The Morgan fingerprint density at radius 1 is 1.33 bits per heavy atom. The lowest BCUT2D eigenvalue weighted by molar-refractivity contribution is 0.582. The number of benzene rings is 1. The summed E-state index contributed by atoms with van der Waals surface area (Å²) >= 11 is 0. The van der Waals surface area contributed by atoms with Crippen LogP contribution in [0, 0.1) is 11.6 Å². The predicted octanol–water partition coefficient (Wildman–Crippen LogP) is 0.741. The van der Waals surface area contributed by atoms with Gasteiger partial charge in [-0.2, -0.15) is 10.1 Å². The predicted molar refractivity (Wildman–Crippen MR) is 83.0 cm³/mol. The fourth-order valence-electron chi connectivity index (χ4n) is 1.96. The van der Waals surface area contributed by atoms with E-state index in [0.717, 1.165) is 22.9 Å². The van der Waals surface area contributed by atoms with Crippen LogP contribution in [0.4, 0.5) is 14.7 Å². The van der Waals surface area contributed by atoms with Crippen molar-refractivity contribution in [3.63, 3.8) is 0 Å². The molecule has 0 aliphatic rings. The Labute approximate surface area is 132 Å². The van der Waals surface area contributed by atoms with Gasteiger partial charge in [0.25, 0.3) is 0 Å². The zero-order chi connectivity index (χ0) is 17.3. The third-order valence-electron chi connectivity index (χ3n) is 3.19. The number of hydrazone groups is 1. The number of hydrogen-bond acceptors (Lipinski definition) is 6. The molecule has 3 rings (SSSR count). The second-order valence-corrected chi connectivity index (χ2v) is 4.78. The van der Waals surface area contributed by atoms with Crippen molar-refractivity contribution in [3.8, 4) is 0 Å². The summed E-state index contributed by atoms with van der Waals surface area (Å²) in [6, 6.07) is 3.06. The van der Waals surface area contributed by atoms with Gasteiger partial charge in [0, 0.05) is 18.7 Å². The van der Waals surface area contributed by atoms with Crippen LogP contribution in [0.15, 0.2) is 39.1 Å².